The van der Waals surface area contributed by atoms with Gasteiger partial charge in [-0.05, 0) is 24.1 Å². The number of hydrogen-bond acceptors (Lipinski definition) is 2. The highest BCUT2D eigenvalue weighted by Crippen LogP contribution is 2.31. The van der Waals surface area contributed by atoms with E-state index in [2.05, 4.69) is 32.7 Å². The summed E-state index contributed by atoms with van der Waals surface area (Å²) in [6.07, 6.45) is 2.81. The highest BCUT2D eigenvalue weighted by atomic mass is 79.9. The summed E-state index contributed by atoms with van der Waals surface area (Å²) < 4.78 is 14.0. The van der Waals surface area contributed by atoms with Gasteiger partial charge in [-0.2, -0.15) is 0 Å². The van der Waals surface area contributed by atoms with Crippen LogP contribution in [0.4, 0.5) is 4.39 Å². The molecule has 1 aromatic carbocycles. The van der Waals surface area contributed by atoms with Crippen LogP contribution in [0.3, 0.4) is 0 Å². The Bertz CT molecular complexity index is 426. The van der Waals surface area contributed by atoms with E-state index in [0.717, 1.165) is 42.6 Å². The molecule has 6 heteroatoms. The van der Waals surface area contributed by atoms with Crippen molar-refractivity contribution in [3.05, 3.63) is 46.7 Å². The second kappa shape index (κ2) is 9.74. The van der Waals surface area contributed by atoms with Gasteiger partial charge in [-0.15, -0.1) is 31.4 Å². The molecular weight excluding hydrogens is 366 g/mol. The number of rotatable bonds is 4. The van der Waals surface area contributed by atoms with Crippen LogP contribution in [-0.4, -0.2) is 31.1 Å². The summed E-state index contributed by atoms with van der Waals surface area (Å²) in [5, 5.41) is 3.35. The molecule has 114 valence electrons. The van der Waals surface area contributed by atoms with Gasteiger partial charge in [0.25, 0.3) is 0 Å². The van der Waals surface area contributed by atoms with Crippen LogP contribution in [0.5, 0.6) is 0 Å². The Balaban J connectivity index is 0.00000180. The lowest BCUT2D eigenvalue weighted by molar-refractivity contribution is 0.174. The molecule has 1 aliphatic heterocycles. The molecule has 1 saturated heterocycles. The zero-order chi connectivity index (χ0) is 13.0. The summed E-state index contributed by atoms with van der Waals surface area (Å²) in [6, 6.07) is 5.21. The van der Waals surface area contributed by atoms with Crippen LogP contribution in [0, 0.1) is 5.82 Å². The fraction of sp³-hybridized carbons (Fsp3) is 0.429. The monoisotopic (exact) mass is 384 g/mol. The molecule has 0 aromatic heterocycles. The van der Waals surface area contributed by atoms with E-state index in [4.69, 9.17) is 0 Å². The number of nitrogens with zero attached hydrogens (tertiary/aromatic N) is 1. The highest BCUT2D eigenvalue weighted by molar-refractivity contribution is 9.10. The average Bonchev–Trinajstić information content (AvgIpc) is 2.38. The Kier molecular flexibility index (Phi) is 9.68. The van der Waals surface area contributed by atoms with Crippen molar-refractivity contribution < 1.29 is 4.39 Å². The molecule has 1 fully saturated rings. The van der Waals surface area contributed by atoms with Gasteiger partial charge in [0.05, 0.1) is 0 Å². The van der Waals surface area contributed by atoms with Crippen molar-refractivity contribution >= 4 is 40.7 Å². The van der Waals surface area contributed by atoms with Crippen LogP contribution < -0.4 is 5.32 Å². The lowest BCUT2D eigenvalue weighted by Crippen LogP contribution is -2.45. The van der Waals surface area contributed by atoms with Crippen LogP contribution in [0.15, 0.2) is 35.3 Å². The predicted molar refractivity (Wildman–Crippen MR) is 90.6 cm³/mol. The maximum absolute atomic E-state index is 13.2. The molecule has 1 N–H and O–H groups in total. The molecule has 2 rings (SSSR count). The topological polar surface area (TPSA) is 15.3 Å². The molecule has 1 aliphatic rings. The van der Waals surface area contributed by atoms with E-state index >= 15 is 0 Å². The summed E-state index contributed by atoms with van der Waals surface area (Å²) in [4.78, 5) is 2.43. The Morgan fingerprint density at radius 1 is 1.35 bits per heavy atom. The summed E-state index contributed by atoms with van der Waals surface area (Å²) >= 11 is 3.47. The number of benzene rings is 1. The van der Waals surface area contributed by atoms with Gasteiger partial charge in [0.15, 0.2) is 0 Å². The van der Waals surface area contributed by atoms with Crippen molar-refractivity contribution in [3.63, 3.8) is 0 Å². The minimum Gasteiger partial charge on any atom is -0.314 e. The van der Waals surface area contributed by atoms with E-state index in [1.54, 1.807) is 0 Å². The molecule has 0 amide bonds. The molecule has 1 atom stereocenters. The minimum atomic E-state index is -0.205. The zero-order valence-corrected chi connectivity index (χ0v) is 14.4. The normalized spacial score (nSPS) is 16.7. The van der Waals surface area contributed by atoms with Gasteiger partial charge in [-0.3, -0.25) is 4.90 Å². The molecule has 0 saturated carbocycles. The third-order valence-electron chi connectivity index (χ3n) is 3.30. The number of piperazine rings is 1. The van der Waals surface area contributed by atoms with E-state index in [1.807, 2.05) is 12.1 Å². The number of hydrogen-bond donors (Lipinski definition) is 1. The van der Waals surface area contributed by atoms with Gasteiger partial charge in [0, 0.05) is 36.7 Å². The molecule has 0 bridgehead atoms. The van der Waals surface area contributed by atoms with E-state index in [9.17, 15) is 4.39 Å². The van der Waals surface area contributed by atoms with Crippen LogP contribution in [0.1, 0.15) is 18.0 Å². The zero-order valence-electron chi connectivity index (χ0n) is 11.1. The predicted octanol–water partition coefficient (Wildman–Crippen LogP) is 3.95. The second-order valence-corrected chi connectivity index (χ2v) is 5.35. The molecule has 0 radical (unpaired) electrons. The van der Waals surface area contributed by atoms with Gasteiger partial charge in [-0.1, -0.05) is 28.1 Å². The molecule has 2 nitrogen and oxygen atoms in total. The number of nitrogens with one attached hydrogen (secondary N) is 1. The molecule has 0 aliphatic carbocycles. The molecule has 1 aromatic rings. The first-order valence-electron chi connectivity index (χ1n) is 6.23. The Morgan fingerprint density at radius 2 is 2.00 bits per heavy atom. The van der Waals surface area contributed by atoms with E-state index in [1.165, 1.54) is 12.1 Å². The molecular formula is C14H20BrCl2FN2. The molecule has 1 heterocycles. The summed E-state index contributed by atoms with van der Waals surface area (Å²) in [5.74, 6) is -0.205. The smallest absolute Gasteiger partial charge is 0.124 e. The maximum Gasteiger partial charge on any atom is 0.124 e. The first-order valence-corrected chi connectivity index (χ1v) is 7.02. The highest BCUT2D eigenvalue weighted by Gasteiger charge is 2.22. The summed E-state index contributed by atoms with van der Waals surface area (Å²) in [6.45, 7) is 7.88. The largest absolute Gasteiger partial charge is 0.314 e. The maximum atomic E-state index is 13.2. The minimum absolute atomic E-state index is 0. The van der Waals surface area contributed by atoms with Crippen molar-refractivity contribution in [2.75, 3.05) is 26.2 Å². The van der Waals surface area contributed by atoms with Gasteiger partial charge in [0.1, 0.15) is 5.82 Å². The Morgan fingerprint density at radius 3 is 2.55 bits per heavy atom. The van der Waals surface area contributed by atoms with Crippen LogP contribution >= 0.6 is 40.7 Å². The van der Waals surface area contributed by atoms with Crippen LogP contribution in [0.25, 0.3) is 0 Å². The quantitative estimate of drug-likeness (QED) is 0.789. The summed E-state index contributed by atoms with van der Waals surface area (Å²) in [5.41, 5.74) is 1.14. The second-order valence-electron chi connectivity index (χ2n) is 4.49. The first-order chi connectivity index (χ1) is 8.72. The fourth-order valence-corrected chi connectivity index (χ4v) is 3.01. The molecule has 0 spiro atoms. The number of halogens is 4. The SMILES string of the molecule is C=CC[C@@H](c1ccc(F)cc1Br)N1CCNCC1.Cl.Cl. The van der Waals surface area contributed by atoms with Gasteiger partial charge < -0.3 is 5.32 Å². The van der Waals surface area contributed by atoms with Crippen molar-refractivity contribution in [2.45, 2.75) is 12.5 Å². The van der Waals surface area contributed by atoms with Crippen LogP contribution in [-0.2, 0) is 0 Å². The van der Waals surface area contributed by atoms with Crippen molar-refractivity contribution in [1.29, 1.82) is 0 Å². The first kappa shape index (κ1) is 19.9. The van der Waals surface area contributed by atoms with Crippen molar-refractivity contribution in [3.8, 4) is 0 Å². The molecule has 0 unspecified atom stereocenters. The Labute approximate surface area is 140 Å². The fourth-order valence-electron chi connectivity index (χ4n) is 2.40. The van der Waals surface area contributed by atoms with Crippen molar-refractivity contribution in [2.24, 2.45) is 0 Å². The third kappa shape index (κ3) is 5.01. The van der Waals surface area contributed by atoms with E-state index in [-0.39, 0.29) is 36.7 Å². The van der Waals surface area contributed by atoms with E-state index < -0.39 is 0 Å². The Hall–Kier alpha value is -0.130. The van der Waals surface area contributed by atoms with Crippen molar-refractivity contribution in [1.82, 2.24) is 10.2 Å². The lowest BCUT2D eigenvalue weighted by atomic mass is 10.0. The standard InChI is InChI=1S/C14H18BrFN2.2ClH/c1-2-3-14(18-8-6-17-7-9-18)12-5-4-11(16)10-13(12)15;;/h2,4-5,10,14,17H,1,3,6-9H2;2*1H/t14-;;/m0../s1. The van der Waals surface area contributed by atoms with Crippen LogP contribution in [0.2, 0.25) is 0 Å². The molecule has 20 heavy (non-hydrogen) atoms. The average molecular weight is 386 g/mol. The third-order valence-corrected chi connectivity index (χ3v) is 3.99. The van der Waals surface area contributed by atoms with E-state index in [0.29, 0.717) is 0 Å². The van der Waals surface area contributed by atoms with Gasteiger partial charge in [0.2, 0.25) is 0 Å². The van der Waals surface area contributed by atoms with Gasteiger partial charge >= 0.3 is 0 Å². The summed E-state index contributed by atoms with van der Waals surface area (Å²) in [7, 11) is 0. The van der Waals surface area contributed by atoms with Gasteiger partial charge in [-0.25, -0.2) is 4.39 Å². The lowest BCUT2D eigenvalue weighted by Gasteiger charge is -2.35.